The Morgan fingerprint density at radius 1 is 1.39 bits per heavy atom. The predicted molar refractivity (Wildman–Crippen MR) is 66.4 cm³/mol. The Kier molecular flexibility index (Phi) is 4.71. The third-order valence-electron chi connectivity index (χ3n) is 2.66. The fourth-order valence-electron chi connectivity index (χ4n) is 1.52. The molecule has 1 aromatic rings. The van der Waals surface area contributed by atoms with Gasteiger partial charge in [-0.3, -0.25) is 9.59 Å². The van der Waals surface area contributed by atoms with Gasteiger partial charge in [0.2, 0.25) is 0 Å². The molecule has 0 saturated heterocycles. The minimum absolute atomic E-state index is 0.0776. The van der Waals surface area contributed by atoms with Crippen LogP contribution in [-0.2, 0) is 9.53 Å². The third kappa shape index (κ3) is 3.23. The number of nitrogens with zero attached hydrogens (tertiary/aromatic N) is 1. The Morgan fingerprint density at radius 3 is 2.56 bits per heavy atom. The molecule has 0 unspecified atom stereocenters. The van der Waals surface area contributed by atoms with E-state index in [2.05, 4.69) is 4.74 Å². The second-order valence-corrected chi connectivity index (χ2v) is 3.90. The first-order valence-corrected chi connectivity index (χ1v) is 5.65. The van der Waals surface area contributed by atoms with Gasteiger partial charge >= 0.3 is 5.97 Å². The highest BCUT2D eigenvalue weighted by Crippen LogP contribution is 2.18. The molecule has 18 heavy (non-hydrogen) atoms. The van der Waals surface area contributed by atoms with Crippen LogP contribution in [0.15, 0.2) is 18.2 Å². The van der Waals surface area contributed by atoms with Crippen molar-refractivity contribution in [3.63, 3.8) is 0 Å². The molecule has 0 bridgehead atoms. The molecule has 0 heterocycles. The molecule has 0 atom stereocenters. The molecule has 0 fully saturated rings. The molecule has 0 aliphatic rings. The standard InChI is InChI=1S/C13H17NO4/c1-4-14(8-12(16)18-3)13(17)10-5-6-11(15)9(2)7-10/h5-7,15H,4,8H2,1-3H3. The summed E-state index contributed by atoms with van der Waals surface area (Å²) in [6.07, 6.45) is 0. The molecule has 98 valence electrons. The molecular weight excluding hydrogens is 234 g/mol. The molecule has 5 heteroatoms. The van der Waals surface area contributed by atoms with Crippen LogP contribution in [0.3, 0.4) is 0 Å². The van der Waals surface area contributed by atoms with E-state index in [-0.39, 0.29) is 18.2 Å². The van der Waals surface area contributed by atoms with Crippen LogP contribution in [0.25, 0.3) is 0 Å². The van der Waals surface area contributed by atoms with Gasteiger partial charge in [-0.1, -0.05) is 0 Å². The maximum atomic E-state index is 12.1. The lowest BCUT2D eigenvalue weighted by molar-refractivity contribution is -0.141. The fraction of sp³-hybridized carbons (Fsp3) is 0.385. The summed E-state index contributed by atoms with van der Waals surface area (Å²) >= 11 is 0. The van der Waals surface area contributed by atoms with Gasteiger partial charge in [0.15, 0.2) is 0 Å². The van der Waals surface area contributed by atoms with Gasteiger partial charge < -0.3 is 14.7 Å². The summed E-state index contributed by atoms with van der Waals surface area (Å²) < 4.78 is 4.54. The second-order valence-electron chi connectivity index (χ2n) is 3.90. The average Bonchev–Trinajstić information content (AvgIpc) is 2.38. The van der Waals surface area contributed by atoms with Crippen molar-refractivity contribution in [1.82, 2.24) is 4.90 Å². The van der Waals surface area contributed by atoms with Gasteiger partial charge in [-0.15, -0.1) is 0 Å². The number of methoxy groups -OCH3 is 1. The van der Waals surface area contributed by atoms with Gasteiger partial charge in [-0.05, 0) is 37.6 Å². The molecule has 0 aromatic heterocycles. The highest BCUT2D eigenvalue weighted by atomic mass is 16.5. The van der Waals surface area contributed by atoms with Gasteiger partial charge in [-0.25, -0.2) is 0 Å². The predicted octanol–water partition coefficient (Wildman–Crippen LogP) is 1.34. The zero-order chi connectivity index (χ0) is 13.7. The average molecular weight is 251 g/mol. The lowest BCUT2D eigenvalue weighted by Crippen LogP contribution is -2.36. The van der Waals surface area contributed by atoms with Crippen LogP contribution >= 0.6 is 0 Å². The second kappa shape index (κ2) is 6.05. The van der Waals surface area contributed by atoms with Crippen LogP contribution in [-0.4, -0.2) is 42.1 Å². The number of carbonyl (C=O) groups excluding carboxylic acids is 2. The Morgan fingerprint density at radius 2 is 2.06 bits per heavy atom. The Hall–Kier alpha value is -2.04. The molecule has 0 spiro atoms. The lowest BCUT2D eigenvalue weighted by atomic mass is 10.1. The molecule has 1 rings (SSSR count). The largest absolute Gasteiger partial charge is 0.508 e. The van der Waals surface area contributed by atoms with Crippen molar-refractivity contribution in [1.29, 1.82) is 0 Å². The van der Waals surface area contributed by atoms with Crippen molar-refractivity contribution in [2.45, 2.75) is 13.8 Å². The molecule has 0 aliphatic heterocycles. The summed E-state index contributed by atoms with van der Waals surface area (Å²) in [5.41, 5.74) is 1.06. The van der Waals surface area contributed by atoms with Gasteiger partial charge in [0.25, 0.3) is 5.91 Å². The number of rotatable bonds is 4. The molecule has 1 N–H and O–H groups in total. The van der Waals surface area contributed by atoms with Crippen LogP contribution in [0.1, 0.15) is 22.8 Å². The number of hydrogen-bond donors (Lipinski definition) is 1. The molecule has 1 aromatic carbocycles. The van der Waals surface area contributed by atoms with Crippen molar-refractivity contribution in [2.75, 3.05) is 20.2 Å². The summed E-state index contributed by atoms with van der Waals surface area (Å²) in [6.45, 7) is 3.83. The first-order valence-electron chi connectivity index (χ1n) is 5.65. The first kappa shape index (κ1) is 14.0. The van der Waals surface area contributed by atoms with Gasteiger partial charge in [0, 0.05) is 12.1 Å². The van der Waals surface area contributed by atoms with E-state index < -0.39 is 5.97 Å². The van der Waals surface area contributed by atoms with E-state index in [0.717, 1.165) is 0 Å². The molecule has 1 amide bonds. The monoisotopic (exact) mass is 251 g/mol. The number of amides is 1. The topological polar surface area (TPSA) is 66.8 Å². The van der Waals surface area contributed by atoms with Crippen LogP contribution in [0.5, 0.6) is 5.75 Å². The van der Waals surface area contributed by atoms with E-state index >= 15 is 0 Å². The SMILES string of the molecule is CCN(CC(=O)OC)C(=O)c1ccc(O)c(C)c1. The van der Waals surface area contributed by atoms with Crippen LogP contribution in [0, 0.1) is 6.92 Å². The van der Waals surface area contributed by atoms with E-state index in [9.17, 15) is 14.7 Å². The van der Waals surface area contributed by atoms with Crippen LogP contribution < -0.4 is 0 Å². The van der Waals surface area contributed by atoms with E-state index in [4.69, 9.17) is 0 Å². The first-order chi connectivity index (χ1) is 8.49. The lowest BCUT2D eigenvalue weighted by Gasteiger charge is -2.19. The highest BCUT2D eigenvalue weighted by molar-refractivity contribution is 5.96. The summed E-state index contributed by atoms with van der Waals surface area (Å²) in [7, 11) is 1.28. The minimum atomic E-state index is -0.458. The summed E-state index contributed by atoms with van der Waals surface area (Å²) in [6, 6.07) is 4.59. The smallest absolute Gasteiger partial charge is 0.325 e. The number of likely N-dealkylation sites (N-methyl/N-ethyl adjacent to an activating group) is 1. The molecule has 0 aliphatic carbocycles. The van der Waals surface area contributed by atoms with Crippen LogP contribution in [0.2, 0.25) is 0 Å². The zero-order valence-electron chi connectivity index (χ0n) is 10.8. The minimum Gasteiger partial charge on any atom is -0.508 e. The number of ether oxygens (including phenoxy) is 1. The van der Waals surface area contributed by atoms with Gasteiger partial charge in [0.1, 0.15) is 12.3 Å². The maximum absolute atomic E-state index is 12.1. The maximum Gasteiger partial charge on any atom is 0.325 e. The molecular formula is C13H17NO4. The summed E-state index contributed by atoms with van der Waals surface area (Å²) in [5, 5.41) is 9.41. The molecule has 0 radical (unpaired) electrons. The Labute approximate surface area is 106 Å². The number of phenolic OH excluding ortho intramolecular Hbond substituents is 1. The fourth-order valence-corrected chi connectivity index (χ4v) is 1.52. The Balaban J connectivity index is 2.89. The van der Waals surface area contributed by atoms with E-state index in [1.165, 1.54) is 24.1 Å². The highest BCUT2D eigenvalue weighted by Gasteiger charge is 2.18. The van der Waals surface area contributed by atoms with E-state index in [0.29, 0.717) is 17.7 Å². The van der Waals surface area contributed by atoms with Crippen molar-refractivity contribution in [2.24, 2.45) is 0 Å². The number of carbonyl (C=O) groups is 2. The number of aromatic hydroxyl groups is 1. The number of esters is 1. The van der Waals surface area contributed by atoms with E-state index in [1.54, 1.807) is 19.9 Å². The van der Waals surface area contributed by atoms with Crippen molar-refractivity contribution in [3.8, 4) is 5.75 Å². The normalized spacial score (nSPS) is 9.94. The van der Waals surface area contributed by atoms with Crippen molar-refractivity contribution >= 4 is 11.9 Å². The van der Waals surface area contributed by atoms with Crippen LogP contribution in [0.4, 0.5) is 0 Å². The molecule has 5 nitrogen and oxygen atoms in total. The quantitative estimate of drug-likeness (QED) is 0.820. The third-order valence-corrected chi connectivity index (χ3v) is 2.66. The number of aryl methyl sites for hydroxylation is 1. The summed E-state index contributed by atoms with van der Waals surface area (Å²) in [4.78, 5) is 24.7. The van der Waals surface area contributed by atoms with Crippen molar-refractivity contribution < 1.29 is 19.4 Å². The summed E-state index contributed by atoms with van der Waals surface area (Å²) in [5.74, 6) is -0.575. The number of phenols is 1. The number of hydrogen-bond acceptors (Lipinski definition) is 4. The van der Waals surface area contributed by atoms with Crippen molar-refractivity contribution in [3.05, 3.63) is 29.3 Å². The Bertz CT molecular complexity index is 456. The zero-order valence-corrected chi connectivity index (χ0v) is 10.8. The van der Waals surface area contributed by atoms with E-state index in [1.807, 2.05) is 0 Å². The van der Waals surface area contributed by atoms with Gasteiger partial charge in [-0.2, -0.15) is 0 Å². The van der Waals surface area contributed by atoms with Gasteiger partial charge in [0.05, 0.1) is 7.11 Å². The number of benzene rings is 1. The molecule has 0 saturated carbocycles.